The van der Waals surface area contributed by atoms with E-state index in [1.165, 1.54) is 13.2 Å². The van der Waals surface area contributed by atoms with Crippen molar-refractivity contribution in [3.05, 3.63) is 54.7 Å². The number of amides is 1. The molecule has 3 heterocycles. The van der Waals surface area contributed by atoms with Gasteiger partial charge in [-0.1, -0.05) is 0 Å². The summed E-state index contributed by atoms with van der Waals surface area (Å²) in [7, 11) is 3.29. The topological polar surface area (TPSA) is 82.7 Å². The maximum absolute atomic E-state index is 13.2. The molecule has 33 heavy (non-hydrogen) atoms. The van der Waals surface area contributed by atoms with E-state index in [1.54, 1.807) is 24.8 Å². The Balaban J connectivity index is 1.59. The number of benzene rings is 1. The Labute approximate surface area is 187 Å². The third-order valence-corrected chi connectivity index (χ3v) is 5.56. The highest BCUT2D eigenvalue weighted by molar-refractivity contribution is 6.01. The molecule has 1 aliphatic rings. The molecule has 0 bridgehead atoms. The fraction of sp³-hybridized carbons (Fsp3) is 0.261. The zero-order chi connectivity index (χ0) is 23.1. The van der Waals surface area contributed by atoms with Crippen LogP contribution in [0.2, 0.25) is 0 Å². The minimum absolute atomic E-state index is 0.0497. The van der Waals surface area contributed by atoms with Gasteiger partial charge in [-0.2, -0.15) is 8.78 Å². The minimum atomic E-state index is -3.10. The van der Waals surface area contributed by atoms with Crippen molar-refractivity contribution in [3.8, 4) is 34.0 Å². The summed E-state index contributed by atoms with van der Waals surface area (Å²) in [5.41, 5.74) is 3.63. The van der Waals surface area contributed by atoms with Gasteiger partial charge in [-0.15, -0.1) is 0 Å². The highest BCUT2D eigenvalue weighted by Crippen LogP contribution is 2.37. The first-order valence-electron chi connectivity index (χ1n) is 10.4. The fourth-order valence-electron chi connectivity index (χ4n) is 3.79. The molecular weight excluding hydrogens is 432 g/mol. The van der Waals surface area contributed by atoms with E-state index >= 15 is 0 Å². The molecule has 0 aliphatic heterocycles. The molecule has 3 aromatic heterocycles. The van der Waals surface area contributed by atoms with Crippen molar-refractivity contribution in [1.29, 1.82) is 0 Å². The molecule has 1 saturated carbocycles. The molecule has 0 spiro atoms. The van der Waals surface area contributed by atoms with E-state index in [4.69, 9.17) is 9.47 Å². The molecule has 8 nitrogen and oxygen atoms in total. The number of imidazole rings is 2. The molecule has 0 unspecified atom stereocenters. The van der Waals surface area contributed by atoms with Gasteiger partial charge >= 0.3 is 6.61 Å². The smallest absolute Gasteiger partial charge is 0.387 e. The van der Waals surface area contributed by atoms with Crippen LogP contribution in [0.3, 0.4) is 0 Å². The lowest BCUT2D eigenvalue weighted by molar-refractivity contribution is -0.0502. The lowest BCUT2D eigenvalue weighted by Gasteiger charge is -2.16. The van der Waals surface area contributed by atoms with Crippen molar-refractivity contribution in [2.75, 3.05) is 7.11 Å². The molecule has 0 saturated heterocycles. The SMILES string of the molecule is COc1cc(-c2cnc3cc(-c4cncn4C)ccn23)cc(OC(F)F)c1C(=O)NC1CC1. The van der Waals surface area contributed by atoms with Crippen LogP contribution in [0.15, 0.2) is 49.2 Å². The number of carbonyl (C=O) groups is 1. The number of fused-ring (bicyclic) bond motifs is 1. The number of halogens is 2. The minimum Gasteiger partial charge on any atom is -0.496 e. The van der Waals surface area contributed by atoms with Gasteiger partial charge < -0.3 is 19.4 Å². The number of alkyl halides is 2. The summed E-state index contributed by atoms with van der Waals surface area (Å²) in [5, 5.41) is 2.80. The maximum Gasteiger partial charge on any atom is 0.387 e. The standard InChI is InChI=1S/C23H21F2N5O3/c1-29-12-26-10-16(29)13-5-6-30-17(11-27-20(30)9-13)14-7-18(32-2)21(19(8-14)33-23(24)25)22(31)28-15-3-4-15/h5-12,15,23H,3-4H2,1-2H3,(H,28,31). The number of aromatic nitrogens is 4. The van der Waals surface area contributed by atoms with Crippen molar-refractivity contribution in [2.45, 2.75) is 25.5 Å². The first-order chi connectivity index (χ1) is 15.9. The summed E-state index contributed by atoms with van der Waals surface area (Å²) < 4.78 is 40.2. The summed E-state index contributed by atoms with van der Waals surface area (Å²) in [6.45, 7) is -3.10. The van der Waals surface area contributed by atoms with Crippen LogP contribution in [0, 0.1) is 0 Å². The largest absolute Gasteiger partial charge is 0.496 e. The van der Waals surface area contributed by atoms with E-state index in [0.717, 1.165) is 24.1 Å². The van der Waals surface area contributed by atoms with Crippen molar-refractivity contribution >= 4 is 11.6 Å². The first-order valence-corrected chi connectivity index (χ1v) is 10.4. The first kappa shape index (κ1) is 20.9. The quantitative estimate of drug-likeness (QED) is 0.459. The van der Waals surface area contributed by atoms with Crippen molar-refractivity contribution in [1.82, 2.24) is 24.3 Å². The Kier molecular flexibility index (Phi) is 5.20. The molecule has 1 fully saturated rings. The Morgan fingerprint density at radius 3 is 2.61 bits per heavy atom. The van der Waals surface area contributed by atoms with Gasteiger partial charge in [0.05, 0.1) is 37.2 Å². The summed E-state index contributed by atoms with van der Waals surface area (Å²) in [6.07, 6.45) is 8.68. The van der Waals surface area contributed by atoms with E-state index in [0.29, 0.717) is 16.9 Å². The highest BCUT2D eigenvalue weighted by Gasteiger charge is 2.29. The fourth-order valence-corrected chi connectivity index (χ4v) is 3.79. The number of hydrogen-bond acceptors (Lipinski definition) is 5. The second-order valence-electron chi connectivity index (χ2n) is 7.85. The van der Waals surface area contributed by atoms with Crippen LogP contribution in [-0.2, 0) is 7.05 Å². The molecule has 1 N–H and O–H groups in total. The zero-order valence-corrected chi connectivity index (χ0v) is 18.0. The van der Waals surface area contributed by atoms with Gasteiger partial charge in [-0.3, -0.25) is 9.20 Å². The van der Waals surface area contributed by atoms with E-state index < -0.39 is 12.5 Å². The lowest BCUT2D eigenvalue weighted by Crippen LogP contribution is -2.26. The highest BCUT2D eigenvalue weighted by atomic mass is 19.3. The number of ether oxygens (including phenoxy) is 2. The van der Waals surface area contributed by atoms with Crippen LogP contribution in [0.5, 0.6) is 11.5 Å². The van der Waals surface area contributed by atoms with E-state index in [2.05, 4.69) is 15.3 Å². The van der Waals surface area contributed by atoms with Crippen LogP contribution in [0.1, 0.15) is 23.2 Å². The Bertz CT molecular complexity index is 1340. The third-order valence-electron chi connectivity index (χ3n) is 5.56. The Hall–Kier alpha value is -3.95. The predicted molar refractivity (Wildman–Crippen MR) is 117 cm³/mol. The molecule has 170 valence electrons. The Morgan fingerprint density at radius 1 is 1.15 bits per heavy atom. The van der Waals surface area contributed by atoms with Crippen LogP contribution < -0.4 is 14.8 Å². The molecule has 10 heteroatoms. The second kappa shape index (κ2) is 8.19. The van der Waals surface area contributed by atoms with Gasteiger partial charge in [0, 0.05) is 30.4 Å². The van der Waals surface area contributed by atoms with E-state index in [-0.39, 0.29) is 23.1 Å². The predicted octanol–water partition coefficient (Wildman–Crippen LogP) is 3.90. The number of hydrogen-bond donors (Lipinski definition) is 1. The average Bonchev–Trinajstić information content (AvgIpc) is 3.33. The van der Waals surface area contributed by atoms with Crippen LogP contribution in [-0.4, -0.2) is 44.6 Å². The molecule has 5 rings (SSSR count). The third kappa shape index (κ3) is 3.99. The number of nitrogens with one attached hydrogen (secondary N) is 1. The second-order valence-corrected chi connectivity index (χ2v) is 7.85. The molecule has 1 aromatic carbocycles. The zero-order valence-electron chi connectivity index (χ0n) is 18.0. The number of nitrogens with zero attached hydrogens (tertiary/aromatic N) is 4. The summed E-state index contributed by atoms with van der Waals surface area (Å²) >= 11 is 0. The van der Waals surface area contributed by atoms with Gasteiger partial charge in [0.2, 0.25) is 0 Å². The van der Waals surface area contributed by atoms with Crippen LogP contribution in [0.25, 0.3) is 28.2 Å². The molecule has 0 atom stereocenters. The van der Waals surface area contributed by atoms with E-state index in [9.17, 15) is 13.6 Å². The number of pyridine rings is 1. The van der Waals surface area contributed by atoms with Crippen molar-refractivity contribution in [3.63, 3.8) is 0 Å². The summed E-state index contributed by atoms with van der Waals surface area (Å²) in [4.78, 5) is 21.3. The van der Waals surface area contributed by atoms with Crippen LogP contribution in [0.4, 0.5) is 8.78 Å². The molecule has 1 aliphatic carbocycles. The van der Waals surface area contributed by atoms with E-state index in [1.807, 2.05) is 34.3 Å². The van der Waals surface area contributed by atoms with Gasteiger partial charge in [-0.25, -0.2) is 9.97 Å². The maximum atomic E-state index is 13.2. The van der Waals surface area contributed by atoms with Crippen LogP contribution >= 0.6 is 0 Å². The summed E-state index contributed by atoms with van der Waals surface area (Å²) in [5.74, 6) is -0.614. The van der Waals surface area contributed by atoms with Gasteiger partial charge in [-0.05, 0) is 37.1 Å². The molecule has 4 aromatic rings. The van der Waals surface area contributed by atoms with Gasteiger partial charge in [0.1, 0.15) is 22.7 Å². The summed E-state index contributed by atoms with van der Waals surface area (Å²) in [6, 6.07) is 6.91. The number of carbonyl (C=O) groups excluding carboxylic acids is 1. The van der Waals surface area contributed by atoms with Crippen molar-refractivity contribution in [2.24, 2.45) is 7.05 Å². The number of aryl methyl sites for hydroxylation is 1. The monoisotopic (exact) mass is 453 g/mol. The average molecular weight is 453 g/mol. The molecular formula is C23H21F2N5O3. The molecule has 1 amide bonds. The molecule has 0 radical (unpaired) electrons. The van der Waals surface area contributed by atoms with Gasteiger partial charge in [0.25, 0.3) is 5.91 Å². The number of rotatable bonds is 7. The Morgan fingerprint density at radius 2 is 1.94 bits per heavy atom. The van der Waals surface area contributed by atoms with Gasteiger partial charge in [0.15, 0.2) is 0 Å². The van der Waals surface area contributed by atoms with Crippen molar-refractivity contribution < 1.29 is 23.0 Å². The number of methoxy groups -OCH3 is 1. The normalized spacial score (nSPS) is 13.5. The lowest BCUT2D eigenvalue weighted by atomic mass is 10.1.